The van der Waals surface area contributed by atoms with Crippen LogP contribution in [-0.2, 0) is 9.47 Å². The zero-order valence-electron chi connectivity index (χ0n) is 19.3. The zero-order chi connectivity index (χ0) is 21.1. The summed E-state index contributed by atoms with van der Waals surface area (Å²) in [4.78, 5) is 11.6. The maximum absolute atomic E-state index is 11.6. The molecule has 0 amide bonds. The Balaban J connectivity index is 3.37. The Morgan fingerprint density at radius 2 is 1.36 bits per heavy atom. The van der Waals surface area contributed by atoms with Gasteiger partial charge in [-0.05, 0) is 50.9 Å². The van der Waals surface area contributed by atoms with Gasteiger partial charge in [-0.25, -0.2) is 4.79 Å². The lowest BCUT2D eigenvalue weighted by Crippen LogP contribution is -2.29. The van der Waals surface area contributed by atoms with E-state index in [1.165, 1.54) is 57.8 Å². The van der Waals surface area contributed by atoms with Crippen molar-refractivity contribution < 1.29 is 14.3 Å². The van der Waals surface area contributed by atoms with Gasteiger partial charge in [-0.3, -0.25) is 0 Å². The number of ether oxygens (including phenoxy) is 2. The van der Waals surface area contributed by atoms with E-state index in [1.807, 2.05) is 27.7 Å². The summed E-state index contributed by atoms with van der Waals surface area (Å²) >= 11 is 0. The van der Waals surface area contributed by atoms with Gasteiger partial charge in [-0.2, -0.15) is 0 Å². The Kier molecular flexibility index (Phi) is 17.0. The molecular formula is C25H46O3. The molecule has 3 heteroatoms. The van der Waals surface area contributed by atoms with Crippen LogP contribution < -0.4 is 0 Å². The first-order valence-corrected chi connectivity index (χ1v) is 11.5. The van der Waals surface area contributed by atoms with E-state index < -0.39 is 6.16 Å². The molecule has 1 unspecified atom stereocenters. The molecule has 0 rings (SSSR count). The quantitative estimate of drug-likeness (QED) is 0.150. The van der Waals surface area contributed by atoms with E-state index in [2.05, 4.69) is 31.2 Å². The van der Waals surface area contributed by atoms with Crippen molar-refractivity contribution >= 4 is 6.16 Å². The van der Waals surface area contributed by atoms with Crippen LogP contribution >= 0.6 is 0 Å². The highest BCUT2D eigenvalue weighted by atomic mass is 16.7. The van der Waals surface area contributed by atoms with E-state index in [1.54, 1.807) is 0 Å². The molecule has 164 valence electrons. The van der Waals surface area contributed by atoms with Crippen LogP contribution in [0.2, 0.25) is 0 Å². The number of allylic oxidation sites excluding steroid dienone is 4. The Labute approximate surface area is 175 Å². The third-order valence-corrected chi connectivity index (χ3v) is 5.06. The van der Waals surface area contributed by atoms with Crippen molar-refractivity contribution in [3.8, 4) is 0 Å². The highest BCUT2D eigenvalue weighted by Crippen LogP contribution is 2.22. The van der Waals surface area contributed by atoms with Crippen LogP contribution in [0.15, 0.2) is 24.3 Å². The molecule has 0 aliphatic rings. The smallest absolute Gasteiger partial charge is 0.434 e. The fourth-order valence-electron chi connectivity index (χ4n) is 2.60. The minimum Gasteiger partial charge on any atom is -0.434 e. The largest absolute Gasteiger partial charge is 0.508 e. The Morgan fingerprint density at radius 3 is 1.93 bits per heavy atom. The van der Waals surface area contributed by atoms with Crippen molar-refractivity contribution in [1.82, 2.24) is 0 Å². The highest BCUT2D eigenvalue weighted by molar-refractivity contribution is 5.60. The molecule has 0 radical (unpaired) electrons. The van der Waals surface area contributed by atoms with Crippen LogP contribution in [0.3, 0.4) is 0 Å². The van der Waals surface area contributed by atoms with Crippen molar-refractivity contribution in [2.45, 2.75) is 118 Å². The summed E-state index contributed by atoms with van der Waals surface area (Å²) < 4.78 is 10.4. The van der Waals surface area contributed by atoms with Gasteiger partial charge in [0.15, 0.2) is 0 Å². The molecule has 0 aliphatic heterocycles. The monoisotopic (exact) mass is 394 g/mol. The molecule has 1 atom stereocenters. The van der Waals surface area contributed by atoms with Crippen LogP contribution in [-0.4, -0.2) is 18.9 Å². The van der Waals surface area contributed by atoms with Gasteiger partial charge in [0.25, 0.3) is 0 Å². The van der Waals surface area contributed by atoms with Gasteiger partial charge in [0.2, 0.25) is 0 Å². The van der Waals surface area contributed by atoms with E-state index in [0.29, 0.717) is 6.61 Å². The Hall–Kier alpha value is -1.25. The van der Waals surface area contributed by atoms with Gasteiger partial charge < -0.3 is 9.47 Å². The van der Waals surface area contributed by atoms with Crippen molar-refractivity contribution in [3.63, 3.8) is 0 Å². The number of hydrogen-bond acceptors (Lipinski definition) is 3. The van der Waals surface area contributed by atoms with Gasteiger partial charge in [-0.15, -0.1) is 0 Å². The molecule has 0 aromatic carbocycles. The number of rotatable bonds is 16. The second kappa shape index (κ2) is 17.8. The van der Waals surface area contributed by atoms with Crippen molar-refractivity contribution in [2.24, 2.45) is 5.41 Å². The average molecular weight is 395 g/mol. The van der Waals surface area contributed by atoms with Gasteiger partial charge >= 0.3 is 6.16 Å². The number of hydrogen-bond donors (Lipinski definition) is 0. The van der Waals surface area contributed by atoms with Crippen LogP contribution in [0.25, 0.3) is 0 Å². The van der Waals surface area contributed by atoms with Gasteiger partial charge in [0.05, 0.1) is 6.61 Å². The molecule has 28 heavy (non-hydrogen) atoms. The summed E-state index contributed by atoms with van der Waals surface area (Å²) in [6.07, 6.45) is 23.0. The third kappa shape index (κ3) is 18.1. The fraction of sp³-hybridized carbons (Fsp3) is 0.800. The predicted octanol–water partition coefficient (Wildman–Crippen LogP) is 8.39. The summed E-state index contributed by atoms with van der Waals surface area (Å²) in [5.74, 6) is 0. The predicted molar refractivity (Wildman–Crippen MR) is 121 cm³/mol. The standard InChI is InChI=1S/C25H46O3/c1-6-7-8-9-10-11-12-13-14-15-16-17-18-19-20-21-22-27-24(26)28-23(2)25(3,4)5/h10-11,13-14,23H,6-9,12,15-22H2,1-5H3/b11-10+,14-13+. The Morgan fingerprint density at radius 1 is 0.821 bits per heavy atom. The Bertz CT molecular complexity index is 418. The lowest BCUT2D eigenvalue weighted by Gasteiger charge is -2.26. The maximum Gasteiger partial charge on any atom is 0.508 e. The molecule has 0 saturated heterocycles. The van der Waals surface area contributed by atoms with E-state index >= 15 is 0 Å². The minimum absolute atomic E-state index is 0.0564. The highest BCUT2D eigenvalue weighted by Gasteiger charge is 2.24. The molecule has 0 saturated carbocycles. The molecule has 0 N–H and O–H groups in total. The first kappa shape index (κ1) is 26.8. The van der Waals surface area contributed by atoms with Crippen LogP contribution in [0, 0.1) is 5.41 Å². The SMILES string of the molecule is CCCCC/C=C/C/C=C/CCCCCCCCOC(=O)OC(C)C(C)(C)C. The molecule has 0 spiro atoms. The summed E-state index contributed by atoms with van der Waals surface area (Å²) in [6.45, 7) is 10.8. The molecule has 3 nitrogen and oxygen atoms in total. The van der Waals surface area contributed by atoms with Gasteiger partial charge in [-0.1, -0.05) is 90.5 Å². The van der Waals surface area contributed by atoms with Crippen LogP contribution in [0.4, 0.5) is 4.79 Å². The molecule has 0 fully saturated rings. The third-order valence-electron chi connectivity index (χ3n) is 5.06. The van der Waals surface area contributed by atoms with Gasteiger partial charge in [0.1, 0.15) is 6.10 Å². The van der Waals surface area contributed by atoms with Gasteiger partial charge in [0, 0.05) is 0 Å². The normalized spacial score (nSPS) is 13.3. The number of carbonyl (C=O) groups is 1. The summed E-state index contributed by atoms with van der Waals surface area (Å²) in [5, 5.41) is 0. The topological polar surface area (TPSA) is 35.5 Å². The van der Waals surface area contributed by atoms with Crippen LogP contribution in [0.1, 0.15) is 112 Å². The molecule has 0 bridgehead atoms. The molecule has 0 heterocycles. The molecule has 0 aliphatic carbocycles. The van der Waals surface area contributed by atoms with Crippen molar-refractivity contribution in [2.75, 3.05) is 6.61 Å². The van der Waals surface area contributed by atoms with E-state index in [9.17, 15) is 4.79 Å². The first-order valence-electron chi connectivity index (χ1n) is 11.5. The minimum atomic E-state index is -0.537. The summed E-state index contributed by atoms with van der Waals surface area (Å²) in [7, 11) is 0. The summed E-state index contributed by atoms with van der Waals surface area (Å²) in [6, 6.07) is 0. The van der Waals surface area contributed by atoms with E-state index in [4.69, 9.17) is 9.47 Å². The summed E-state index contributed by atoms with van der Waals surface area (Å²) in [5.41, 5.74) is -0.0564. The van der Waals surface area contributed by atoms with Crippen molar-refractivity contribution in [3.05, 3.63) is 24.3 Å². The zero-order valence-corrected chi connectivity index (χ0v) is 19.3. The van der Waals surface area contributed by atoms with E-state index in [-0.39, 0.29) is 11.5 Å². The number of unbranched alkanes of at least 4 members (excludes halogenated alkanes) is 9. The van der Waals surface area contributed by atoms with E-state index in [0.717, 1.165) is 19.3 Å². The first-order chi connectivity index (χ1) is 13.4. The second-order valence-electron chi connectivity index (χ2n) is 8.81. The number of carbonyl (C=O) groups excluding carboxylic acids is 1. The second-order valence-corrected chi connectivity index (χ2v) is 8.81. The molecule has 0 aromatic heterocycles. The lowest BCUT2D eigenvalue weighted by atomic mass is 9.90. The maximum atomic E-state index is 11.6. The molecular weight excluding hydrogens is 348 g/mol. The molecule has 0 aromatic rings. The van der Waals surface area contributed by atoms with Crippen LogP contribution in [0.5, 0.6) is 0 Å². The average Bonchev–Trinajstić information content (AvgIpc) is 2.63. The van der Waals surface area contributed by atoms with Crippen molar-refractivity contribution in [1.29, 1.82) is 0 Å². The lowest BCUT2D eigenvalue weighted by molar-refractivity contribution is -0.00897. The fourth-order valence-corrected chi connectivity index (χ4v) is 2.60.